The van der Waals surface area contributed by atoms with Crippen LogP contribution in [0.1, 0.15) is 19.3 Å². The second-order valence-corrected chi connectivity index (χ2v) is 6.37. The van der Waals surface area contributed by atoms with Gasteiger partial charge in [0, 0.05) is 19.6 Å². The van der Waals surface area contributed by atoms with Gasteiger partial charge in [0.25, 0.3) is 0 Å². The first kappa shape index (κ1) is 15.2. The Kier molecular flexibility index (Phi) is 4.53. The fourth-order valence-electron chi connectivity index (χ4n) is 2.89. The Hall–Kier alpha value is -1.74. The van der Waals surface area contributed by atoms with Crippen LogP contribution in [0.15, 0.2) is 6.20 Å². The quantitative estimate of drug-likeness (QED) is 0.614. The van der Waals surface area contributed by atoms with E-state index in [1.54, 1.807) is 0 Å². The Morgan fingerprint density at radius 3 is 2.82 bits per heavy atom. The van der Waals surface area contributed by atoms with Gasteiger partial charge in [0.15, 0.2) is 5.13 Å². The predicted molar refractivity (Wildman–Crippen MR) is 81.2 cm³/mol. The second kappa shape index (κ2) is 6.57. The Balaban J connectivity index is 1.77. The molecule has 0 saturated carbocycles. The number of piperidine rings is 1. The van der Waals surface area contributed by atoms with Crippen LogP contribution in [0.2, 0.25) is 0 Å². The zero-order chi connectivity index (χ0) is 15.5. The highest BCUT2D eigenvalue weighted by Crippen LogP contribution is 2.33. The molecule has 3 rings (SSSR count). The average molecular weight is 326 g/mol. The molecule has 0 aliphatic carbocycles. The Bertz CT molecular complexity index is 558. The van der Waals surface area contributed by atoms with E-state index >= 15 is 0 Å². The fraction of sp³-hybridized carbons (Fsp3) is 0.692. The summed E-state index contributed by atoms with van der Waals surface area (Å²) in [5.41, 5.74) is 0. The lowest BCUT2D eigenvalue weighted by atomic mass is 10.0. The molecule has 1 amide bonds. The lowest BCUT2D eigenvalue weighted by Crippen LogP contribution is -2.53. The molecule has 3 heterocycles. The lowest BCUT2D eigenvalue weighted by molar-refractivity contribution is -0.380. The van der Waals surface area contributed by atoms with Gasteiger partial charge in [0.1, 0.15) is 12.2 Å². The number of carbonyl (C=O) groups excluding carboxylic acids is 1. The normalized spacial score (nSPS) is 22.6. The van der Waals surface area contributed by atoms with Crippen molar-refractivity contribution in [1.29, 1.82) is 0 Å². The molecule has 1 aromatic heterocycles. The summed E-state index contributed by atoms with van der Waals surface area (Å²) in [5, 5.41) is 11.4. The van der Waals surface area contributed by atoms with E-state index in [9.17, 15) is 14.9 Å². The summed E-state index contributed by atoms with van der Waals surface area (Å²) in [7, 11) is 0. The van der Waals surface area contributed by atoms with Crippen LogP contribution >= 0.6 is 11.3 Å². The van der Waals surface area contributed by atoms with Gasteiger partial charge in [0.2, 0.25) is 5.91 Å². The third kappa shape index (κ3) is 3.05. The van der Waals surface area contributed by atoms with E-state index in [1.165, 1.54) is 6.20 Å². The van der Waals surface area contributed by atoms with Crippen LogP contribution in [0.4, 0.5) is 10.1 Å². The summed E-state index contributed by atoms with van der Waals surface area (Å²) in [6, 6.07) is -0.266. The topological polar surface area (TPSA) is 88.8 Å². The number of morpholine rings is 1. The molecule has 8 nitrogen and oxygen atoms in total. The molecule has 0 unspecified atom stereocenters. The number of anilines is 1. The molecule has 120 valence electrons. The molecule has 2 aliphatic heterocycles. The molecule has 0 radical (unpaired) electrons. The zero-order valence-electron chi connectivity index (χ0n) is 12.1. The monoisotopic (exact) mass is 326 g/mol. The first-order chi connectivity index (χ1) is 10.7. The molecule has 1 atom stereocenters. The zero-order valence-corrected chi connectivity index (χ0v) is 13.0. The van der Waals surface area contributed by atoms with Gasteiger partial charge in [-0.1, -0.05) is 0 Å². The SMILES string of the molecule is O=C([C@H]1CCCCN1c1ncc([N+](=O)[O-])s1)N1CCOCC1. The van der Waals surface area contributed by atoms with Crippen LogP contribution in [-0.2, 0) is 9.53 Å². The van der Waals surface area contributed by atoms with Crippen molar-refractivity contribution in [3.8, 4) is 0 Å². The summed E-state index contributed by atoms with van der Waals surface area (Å²) in [5.74, 6) is 0.0841. The van der Waals surface area contributed by atoms with Crippen LogP contribution in [0.3, 0.4) is 0 Å². The number of nitrogens with zero attached hydrogens (tertiary/aromatic N) is 4. The first-order valence-electron chi connectivity index (χ1n) is 7.40. The molecule has 0 N–H and O–H groups in total. The van der Waals surface area contributed by atoms with Gasteiger partial charge >= 0.3 is 5.00 Å². The number of rotatable bonds is 3. The van der Waals surface area contributed by atoms with E-state index in [0.717, 1.165) is 30.6 Å². The smallest absolute Gasteiger partial charge is 0.345 e. The summed E-state index contributed by atoms with van der Waals surface area (Å²) in [4.78, 5) is 31.0. The number of hydrogen-bond acceptors (Lipinski definition) is 7. The number of hydrogen-bond donors (Lipinski definition) is 0. The Morgan fingerprint density at radius 2 is 2.14 bits per heavy atom. The van der Waals surface area contributed by atoms with Crippen molar-refractivity contribution in [3.63, 3.8) is 0 Å². The van der Waals surface area contributed by atoms with E-state index < -0.39 is 4.92 Å². The van der Waals surface area contributed by atoms with Gasteiger partial charge < -0.3 is 14.5 Å². The number of carbonyl (C=O) groups is 1. The van der Waals surface area contributed by atoms with Crippen LogP contribution in [-0.4, -0.2) is 59.6 Å². The average Bonchev–Trinajstić information content (AvgIpc) is 3.05. The summed E-state index contributed by atoms with van der Waals surface area (Å²) in [6.07, 6.45) is 4.00. The van der Waals surface area contributed by atoms with Gasteiger partial charge in [-0.25, -0.2) is 4.98 Å². The maximum absolute atomic E-state index is 12.7. The fourth-order valence-corrected chi connectivity index (χ4v) is 3.69. The largest absolute Gasteiger partial charge is 0.378 e. The number of nitro groups is 1. The first-order valence-corrected chi connectivity index (χ1v) is 8.22. The van der Waals surface area contributed by atoms with Crippen molar-refractivity contribution < 1.29 is 14.5 Å². The molecule has 2 aliphatic rings. The minimum Gasteiger partial charge on any atom is -0.378 e. The van der Waals surface area contributed by atoms with Crippen molar-refractivity contribution in [3.05, 3.63) is 16.3 Å². The molecule has 22 heavy (non-hydrogen) atoms. The number of amides is 1. The molecule has 2 fully saturated rings. The van der Waals surface area contributed by atoms with Crippen LogP contribution in [0, 0.1) is 10.1 Å². The number of aromatic nitrogens is 1. The van der Waals surface area contributed by atoms with E-state index in [1.807, 2.05) is 9.80 Å². The van der Waals surface area contributed by atoms with Crippen molar-refractivity contribution in [2.75, 3.05) is 37.7 Å². The molecule has 0 aromatic carbocycles. The van der Waals surface area contributed by atoms with Crippen molar-refractivity contribution in [1.82, 2.24) is 9.88 Å². The van der Waals surface area contributed by atoms with Gasteiger partial charge in [-0.3, -0.25) is 14.9 Å². The van der Waals surface area contributed by atoms with E-state index in [2.05, 4.69) is 4.98 Å². The molecule has 1 aromatic rings. The summed E-state index contributed by atoms with van der Waals surface area (Å²) in [6.45, 7) is 3.08. The van der Waals surface area contributed by atoms with Crippen molar-refractivity contribution >= 4 is 27.4 Å². The van der Waals surface area contributed by atoms with Crippen LogP contribution in [0.25, 0.3) is 0 Å². The van der Waals surface area contributed by atoms with Crippen LogP contribution < -0.4 is 4.90 Å². The van der Waals surface area contributed by atoms with E-state index in [-0.39, 0.29) is 17.0 Å². The van der Waals surface area contributed by atoms with Gasteiger partial charge in [0.05, 0.1) is 18.1 Å². The van der Waals surface area contributed by atoms with Crippen LogP contribution in [0.5, 0.6) is 0 Å². The predicted octanol–water partition coefficient (Wildman–Crippen LogP) is 1.27. The van der Waals surface area contributed by atoms with Crippen molar-refractivity contribution in [2.24, 2.45) is 0 Å². The van der Waals surface area contributed by atoms with Gasteiger partial charge in [-0.15, -0.1) is 0 Å². The Labute approximate surface area is 131 Å². The Morgan fingerprint density at radius 1 is 1.36 bits per heavy atom. The highest BCUT2D eigenvalue weighted by atomic mass is 32.1. The number of ether oxygens (including phenoxy) is 1. The molecule has 0 spiro atoms. The molecular weight excluding hydrogens is 308 g/mol. The minimum atomic E-state index is -0.441. The second-order valence-electron chi connectivity index (χ2n) is 5.38. The third-order valence-electron chi connectivity index (χ3n) is 4.02. The molecule has 2 saturated heterocycles. The molecule has 0 bridgehead atoms. The van der Waals surface area contributed by atoms with Gasteiger partial charge in [-0.05, 0) is 30.6 Å². The molecular formula is C13H18N4O4S. The standard InChI is InChI=1S/C13H18N4O4S/c18-12(15-5-7-21-8-6-15)10-3-1-2-4-16(10)13-14-9-11(22-13)17(19)20/h9-10H,1-8H2/t10-/m1/s1. The van der Waals surface area contributed by atoms with Crippen molar-refractivity contribution in [2.45, 2.75) is 25.3 Å². The summed E-state index contributed by atoms with van der Waals surface area (Å²) >= 11 is 1.04. The third-order valence-corrected chi connectivity index (χ3v) is 5.00. The van der Waals surface area contributed by atoms with E-state index in [4.69, 9.17) is 4.74 Å². The lowest BCUT2D eigenvalue weighted by Gasteiger charge is -2.38. The molecule has 9 heteroatoms. The highest BCUT2D eigenvalue weighted by Gasteiger charge is 2.34. The highest BCUT2D eigenvalue weighted by molar-refractivity contribution is 7.18. The maximum Gasteiger partial charge on any atom is 0.345 e. The number of thiazole rings is 1. The minimum absolute atomic E-state index is 0.0122. The summed E-state index contributed by atoms with van der Waals surface area (Å²) < 4.78 is 5.29. The van der Waals surface area contributed by atoms with Gasteiger partial charge in [-0.2, -0.15) is 0 Å². The van der Waals surface area contributed by atoms with E-state index in [0.29, 0.717) is 38.0 Å². The maximum atomic E-state index is 12.7.